The van der Waals surface area contributed by atoms with E-state index in [-0.39, 0.29) is 0 Å². The largest absolute Gasteiger partial charge is 0.310 e. The lowest BCUT2D eigenvalue weighted by Gasteiger charge is -2.18. The first-order valence-electron chi connectivity index (χ1n) is 5.79. The van der Waals surface area contributed by atoms with Gasteiger partial charge in [0.1, 0.15) is 0 Å². The van der Waals surface area contributed by atoms with Crippen molar-refractivity contribution in [2.45, 2.75) is 32.7 Å². The van der Waals surface area contributed by atoms with Crippen LogP contribution < -0.4 is 5.32 Å². The summed E-state index contributed by atoms with van der Waals surface area (Å²) in [5.74, 6) is 0. The molecule has 0 aliphatic carbocycles. The van der Waals surface area contributed by atoms with Crippen molar-refractivity contribution in [3.63, 3.8) is 0 Å². The molecule has 0 amide bonds. The molecule has 0 radical (unpaired) electrons. The first kappa shape index (κ1) is 13.3. The normalized spacial score (nSPS) is 12.4. The molecule has 0 spiro atoms. The van der Waals surface area contributed by atoms with Crippen molar-refractivity contribution >= 4 is 11.6 Å². The van der Waals surface area contributed by atoms with Gasteiger partial charge in [0, 0.05) is 11.1 Å². The van der Waals surface area contributed by atoms with Crippen LogP contribution in [0.15, 0.2) is 30.9 Å². The number of nitrogens with one attached hydrogen (secondary N) is 1. The molecule has 0 bridgehead atoms. The van der Waals surface area contributed by atoms with Crippen LogP contribution in [0.4, 0.5) is 0 Å². The maximum atomic E-state index is 6.14. The quantitative estimate of drug-likeness (QED) is 0.729. The number of hydrogen-bond acceptors (Lipinski definition) is 1. The summed E-state index contributed by atoms with van der Waals surface area (Å²) in [5.41, 5.74) is 2.36. The number of benzene rings is 1. The molecular weight excluding hydrogens is 218 g/mol. The van der Waals surface area contributed by atoms with E-state index in [4.69, 9.17) is 11.6 Å². The zero-order chi connectivity index (χ0) is 12.0. The lowest BCUT2D eigenvalue weighted by atomic mass is 10.0. The number of rotatable bonds is 6. The predicted octanol–water partition coefficient (Wildman–Crippen LogP) is 4.27. The van der Waals surface area contributed by atoms with Crippen LogP contribution in [0.25, 0.3) is 0 Å². The van der Waals surface area contributed by atoms with Gasteiger partial charge in [0.15, 0.2) is 0 Å². The van der Waals surface area contributed by atoms with Gasteiger partial charge in [-0.1, -0.05) is 36.7 Å². The molecule has 1 atom stereocenters. The Morgan fingerprint density at radius 2 is 2.25 bits per heavy atom. The van der Waals surface area contributed by atoms with Crippen LogP contribution in [-0.2, 0) is 0 Å². The third-order valence-corrected chi connectivity index (χ3v) is 3.05. The second-order valence-corrected chi connectivity index (χ2v) is 4.45. The molecule has 0 aliphatic rings. The fourth-order valence-electron chi connectivity index (χ4n) is 1.65. The number of hydrogen-bond donors (Lipinski definition) is 1. The second kappa shape index (κ2) is 6.72. The summed E-state index contributed by atoms with van der Waals surface area (Å²) in [6.07, 6.45) is 4.01. The van der Waals surface area contributed by atoms with E-state index in [1.165, 1.54) is 5.56 Å². The Hall–Kier alpha value is -0.790. The molecule has 0 aliphatic heterocycles. The van der Waals surface area contributed by atoms with Gasteiger partial charge in [-0.05, 0) is 43.5 Å². The van der Waals surface area contributed by atoms with E-state index in [2.05, 4.69) is 31.0 Å². The molecule has 1 nitrogen and oxygen atoms in total. The highest BCUT2D eigenvalue weighted by Gasteiger charge is 2.09. The van der Waals surface area contributed by atoms with Gasteiger partial charge >= 0.3 is 0 Å². The molecule has 0 fully saturated rings. The maximum absolute atomic E-state index is 6.14. The van der Waals surface area contributed by atoms with Gasteiger partial charge in [-0.2, -0.15) is 0 Å². The molecule has 1 aromatic carbocycles. The van der Waals surface area contributed by atoms with Crippen molar-refractivity contribution in [2.24, 2.45) is 0 Å². The fourth-order valence-corrected chi connectivity index (χ4v) is 1.84. The highest BCUT2D eigenvalue weighted by Crippen LogP contribution is 2.23. The van der Waals surface area contributed by atoms with E-state index in [0.29, 0.717) is 6.04 Å². The molecule has 1 unspecified atom stereocenters. The van der Waals surface area contributed by atoms with E-state index in [1.54, 1.807) is 0 Å². The summed E-state index contributed by atoms with van der Waals surface area (Å²) in [6, 6.07) is 6.59. The van der Waals surface area contributed by atoms with Crippen molar-refractivity contribution in [1.29, 1.82) is 0 Å². The van der Waals surface area contributed by atoms with Crippen molar-refractivity contribution < 1.29 is 0 Å². The van der Waals surface area contributed by atoms with Gasteiger partial charge in [0.2, 0.25) is 0 Å². The van der Waals surface area contributed by atoms with E-state index < -0.39 is 0 Å². The summed E-state index contributed by atoms with van der Waals surface area (Å²) >= 11 is 6.14. The van der Waals surface area contributed by atoms with E-state index >= 15 is 0 Å². The first-order valence-corrected chi connectivity index (χ1v) is 6.17. The highest BCUT2D eigenvalue weighted by atomic mass is 35.5. The van der Waals surface area contributed by atoms with Crippen LogP contribution in [0.3, 0.4) is 0 Å². The number of aryl methyl sites for hydroxylation is 1. The third kappa shape index (κ3) is 3.66. The molecule has 0 heterocycles. The monoisotopic (exact) mass is 237 g/mol. The maximum Gasteiger partial charge on any atom is 0.0438 e. The lowest BCUT2D eigenvalue weighted by molar-refractivity contribution is 0.537. The Morgan fingerprint density at radius 1 is 1.50 bits per heavy atom. The van der Waals surface area contributed by atoms with Gasteiger partial charge in [-0.25, -0.2) is 0 Å². The molecule has 88 valence electrons. The average Bonchev–Trinajstić information content (AvgIpc) is 2.28. The van der Waals surface area contributed by atoms with Crippen LogP contribution in [0.2, 0.25) is 5.02 Å². The molecule has 0 aromatic heterocycles. The molecular formula is C14H20ClN. The Bertz CT molecular complexity index is 347. The lowest BCUT2D eigenvalue weighted by Crippen LogP contribution is -2.21. The zero-order valence-corrected chi connectivity index (χ0v) is 10.8. The summed E-state index contributed by atoms with van der Waals surface area (Å²) in [4.78, 5) is 0. The van der Waals surface area contributed by atoms with Gasteiger partial charge in [0.25, 0.3) is 0 Å². The molecule has 1 N–H and O–H groups in total. The highest BCUT2D eigenvalue weighted by molar-refractivity contribution is 6.31. The Labute approximate surface area is 104 Å². The van der Waals surface area contributed by atoms with Gasteiger partial charge in [0.05, 0.1) is 0 Å². The smallest absolute Gasteiger partial charge is 0.0438 e. The minimum absolute atomic E-state index is 0.329. The minimum atomic E-state index is 0.329. The minimum Gasteiger partial charge on any atom is -0.310 e. The van der Waals surface area contributed by atoms with Crippen LogP contribution in [0.1, 0.15) is 36.9 Å². The topological polar surface area (TPSA) is 12.0 Å². The van der Waals surface area contributed by atoms with Crippen molar-refractivity contribution in [3.05, 3.63) is 47.0 Å². The summed E-state index contributed by atoms with van der Waals surface area (Å²) < 4.78 is 0. The molecule has 1 aromatic rings. The van der Waals surface area contributed by atoms with E-state index in [1.807, 2.05) is 19.1 Å². The van der Waals surface area contributed by atoms with Crippen LogP contribution in [0, 0.1) is 6.92 Å². The van der Waals surface area contributed by atoms with Crippen LogP contribution >= 0.6 is 11.6 Å². The van der Waals surface area contributed by atoms with Crippen molar-refractivity contribution in [2.75, 3.05) is 6.54 Å². The fraction of sp³-hybridized carbons (Fsp3) is 0.429. The molecule has 0 saturated heterocycles. The van der Waals surface area contributed by atoms with E-state index in [9.17, 15) is 0 Å². The Balaban J connectivity index is 2.82. The standard InChI is InChI=1S/C14H20ClN/c1-4-6-14(16-9-5-2)12-8-7-11(3)13(15)10-12/h4,7-8,10,14,16H,1,5-6,9H2,2-3H3. The Kier molecular flexibility index (Phi) is 5.58. The van der Waals surface area contributed by atoms with Gasteiger partial charge in [-0.3, -0.25) is 0 Å². The van der Waals surface area contributed by atoms with Crippen LogP contribution in [-0.4, -0.2) is 6.54 Å². The SMILES string of the molecule is C=CCC(NCCC)c1ccc(C)c(Cl)c1. The third-order valence-electron chi connectivity index (χ3n) is 2.64. The second-order valence-electron chi connectivity index (χ2n) is 4.04. The van der Waals surface area contributed by atoms with Gasteiger partial charge < -0.3 is 5.32 Å². The van der Waals surface area contributed by atoms with Crippen LogP contribution in [0.5, 0.6) is 0 Å². The Morgan fingerprint density at radius 3 is 2.81 bits per heavy atom. The predicted molar refractivity (Wildman–Crippen MR) is 72.0 cm³/mol. The summed E-state index contributed by atoms with van der Waals surface area (Å²) in [5, 5.41) is 4.34. The molecule has 16 heavy (non-hydrogen) atoms. The van der Waals surface area contributed by atoms with Crippen molar-refractivity contribution in [1.82, 2.24) is 5.32 Å². The van der Waals surface area contributed by atoms with Gasteiger partial charge in [-0.15, -0.1) is 6.58 Å². The molecule has 2 heteroatoms. The molecule has 1 rings (SSSR count). The number of halogens is 1. The summed E-state index contributed by atoms with van der Waals surface area (Å²) in [6.45, 7) is 9.01. The van der Waals surface area contributed by atoms with E-state index in [0.717, 1.165) is 30.0 Å². The first-order chi connectivity index (χ1) is 7.69. The molecule has 0 saturated carbocycles. The summed E-state index contributed by atoms with van der Waals surface area (Å²) in [7, 11) is 0. The zero-order valence-electron chi connectivity index (χ0n) is 10.1. The average molecular weight is 238 g/mol. The van der Waals surface area contributed by atoms with Crippen molar-refractivity contribution in [3.8, 4) is 0 Å².